The van der Waals surface area contributed by atoms with E-state index in [1.165, 1.54) is 0 Å². The van der Waals surface area contributed by atoms with Gasteiger partial charge in [-0.2, -0.15) is 0 Å². The fraction of sp³-hybridized carbons (Fsp3) is 0.875. The zero-order valence-electron chi connectivity index (χ0n) is 7.42. The van der Waals surface area contributed by atoms with Gasteiger partial charge in [0.2, 0.25) is 0 Å². The van der Waals surface area contributed by atoms with Crippen molar-refractivity contribution in [2.24, 2.45) is 5.73 Å². The van der Waals surface area contributed by atoms with Gasteiger partial charge >= 0.3 is 0 Å². The summed E-state index contributed by atoms with van der Waals surface area (Å²) < 4.78 is 0. The maximum atomic E-state index is 10.7. The van der Waals surface area contributed by atoms with Crippen LogP contribution >= 0.6 is 0 Å². The molecule has 3 N–H and O–H groups in total. The van der Waals surface area contributed by atoms with E-state index < -0.39 is 11.5 Å². The van der Waals surface area contributed by atoms with E-state index in [0.29, 0.717) is 13.1 Å². The number of unbranched alkanes of at least 4 members (excludes halogenated alkanes) is 1. The number of amides is 1. The van der Waals surface area contributed by atoms with Gasteiger partial charge in [0.25, 0.3) is 5.91 Å². The number of carbonyl (C=O) groups excluding carboxylic acids is 1. The minimum atomic E-state index is -1.24. The second-order valence-electron chi connectivity index (χ2n) is 3.46. The molecule has 1 aliphatic heterocycles. The summed E-state index contributed by atoms with van der Waals surface area (Å²) in [5, 5.41) is 9.44. The molecule has 4 heteroatoms. The predicted octanol–water partition coefficient (Wildman–Crippen LogP) is -0.681. The molecule has 12 heavy (non-hydrogen) atoms. The lowest BCUT2D eigenvalue weighted by Gasteiger charge is -2.44. The lowest BCUT2D eigenvalue weighted by molar-refractivity contribution is -0.155. The number of nitrogens with zero attached hydrogens (tertiary/aromatic N) is 1. The van der Waals surface area contributed by atoms with Crippen molar-refractivity contribution in [3.05, 3.63) is 0 Å². The largest absolute Gasteiger partial charge is 0.377 e. The minimum Gasteiger partial charge on any atom is -0.377 e. The van der Waals surface area contributed by atoms with Crippen molar-refractivity contribution >= 4 is 5.91 Å². The number of carbonyl (C=O) groups is 1. The molecule has 0 saturated carbocycles. The van der Waals surface area contributed by atoms with Gasteiger partial charge in [0.1, 0.15) is 0 Å². The van der Waals surface area contributed by atoms with E-state index in [4.69, 9.17) is 5.73 Å². The van der Waals surface area contributed by atoms with E-state index >= 15 is 0 Å². The van der Waals surface area contributed by atoms with E-state index in [1.807, 2.05) is 4.90 Å². The Morgan fingerprint density at radius 2 is 2.25 bits per heavy atom. The van der Waals surface area contributed by atoms with Crippen molar-refractivity contribution in [2.75, 3.05) is 19.6 Å². The van der Waals surface area contributed by atoms with Gasteiger partial charge in [-0.1, -0.05) is 13.3 Å². The van der Waals surface area contributed by atoms with Crippen LogP contribution in [0, 0.1) is 0 Å². The molecule has 0 aromatic heterocycles. The third-order valence-corrected chi connectivity index (χ3v) is 2.26. The summed E-state index contributed by atoms with van der Waals surface area (Å²) in [6.45, 7) is 3.87. The number of hydrogen-bond acceptors (Lipinski definition) is 3. The third kappa shape index (κ3) is 1.76. The molecule has 0 radical (unpaired) electrons. The van der Waals surface area contributed by atoms with E-state index in [1.54, 1.807) is 0 Å². The highest BCUT2D eigenvalue weighted by molar-refractivity contribution is 5.84. The third-order valence-electron chi connectivity index (χ3n) is 2.26. The van der Waals surface area contributed by atoms with Crippen molar-refractivity contribution in [2.45, 2.75) is 25.4 Å². The molecule has 1 aliphatic rings. The summed E-state index contributed by atoms with van der Waals surface area (Å²) in [5.74, 6) is -0.602. The molecule has 0 bridgehead atoms. The highest BCUT2D eigenvalue weighted by Crippen LogP contribution is 2.20. The smallest absolute Gasteiger partial charge is 0.252 e. The average Bonchev–Trinajstić information content (AvgIpc) is 1.95. The Morgan fingerprint density at radius 3 is 2.67 bits per heavy atom. The number of aliphatic hydroxyl groups is 1. The van der Waals surface area contributed by atoms with Gasteiger partial charge in [0.05, 0.1) is 0 Å². The van der Waals surface area contributed by atoms with Gasteiger partial charge in [-0.3, -0.25) is 9.69 Å². The van der Waals surface area contributed by atoms with E-state index in [9.17, 15) is 9.90 Å². The maximum absolute atomic E-state index is 10.7. The molecule has 0 spiro atoms. The zero-order valence-corrected chi connectivity index (χ0v) is 7.42. The Balaban J connectivity index is 2.22. The molecule has 1 fully saturated rings. The number of nitrogens with two attached hydrogens (primary N) is 1. The van der Waals surface area contributed by atoms with Crippen molar-refractivity contribution in [3.8, 4) is 0 Å². The molecule has 0 aromatic rings. The first-order valence-electron chi connectivity index (χ1n) is 4.33. The molecular formula is C8H16N2O2. The Morgan fingerprint density at radius 1 is 1.67 bits per heavy atom. The number of rotatable bonds is 4. The molecule has 0 aromatic carbocycles. The van der Waals surface area contributed by atoms with Crippen molar-refractivity contribution in [1.29, 1.82) is 0 Å². The molecule has 0 aliphatic carbocycles. The van der Waals surface area contributed by atoms with Crippen LogP contribution in [0.1, 0.15) is 19.8 Å². The van der Waals surface area contributed by atoms with Gasteiger partial charge in [0.15, 0.2) is 5.60 Å². The first-order chi connectivity index (χ1) is 5.58. The molecule has 70 valence electrons. The Bertz CT molecular complexity index is 176. The summed E-state index contributed by atoms with van der Waals surface area (Å²) in [4.78, 5) is 12.7. The molecule has 1 amide bonds. The van der Waals surface area contributed by atoms with Crippen LogP contribution in [0.3, 0.4) is 0 Å². The van der Waals surface area contributed by atoms with Crippen molar-refractivity contribution in [1.82, 2.24) is 4.90 Å². The van der Waals surface area contributed by atoms with E-state index in [-0.39, 0.29) is 0 Å². The maximum Gasteiger partial charge on any atom is 0.252 e. The van der Waals surface area contributed by atoms with Crippen LogP contribution in [0.4, 0.5) is 0 Å². The van der Waals surface area contributed by atoms with Crippen molar-refractivity contribution in [3.63, 3.8) is 0 Å². The zero-order chi connectivity index (χ0) is 9.19. The number of hydrogen-bond donors (Lipinski definition) is 2. The normalized spacial score (nSPS) is 21.8. The number of likely N-dealkylation sites (tertiary alicyclic amines) is 1. The van der Waals surface area contributed by atoms with Gasteiger partial charge in [0, 0.05) is 13.1 Å². The van der Waals surface area contributed by atoms with Crippen LogP contribution in [0.2, 0.25) is 0 Å². The van der Waals surface area contributed by atoms with Gasteiger partial charge in [-0.05, 0) is 13.0 Å². The van der Waals surface area contributed by atoms with Crippen LogP contribution in [0.5, 0.6) is 0 Å². The monoisotopic (exact) mass is 172 g/mol. The quantitative estimate of drug-likeness (QED) is 0.590. The second kappa shape index (κ2) is 3.41. The lowest BCUT2D eigenvalue weighted by atomic mass is 9.93. The second-order valence-corrected chi connectivity index (χ2v) is 3.46. The Hall–Kier alpha value is -0.610. The summed E-state index contributed by atoms with van der Waals surface area (Å²) in [6.07, 6.45) is 2.24. The summed E-state index contributed by atoms with van der Waals surface area (Å²) in [6, 6.07) is 0. The Labute approximate surface area is 72.3 Å². The van der Waals surface area contributed by atoms with Crippen LogP contribution in [0.25, 0.3) is 0 Å². The van der Waals surface area contributed by atoms with Crippen LogP contribution in [-0.4, -0.2) is 41.1 Å². The van der Waals surface area contributed by atoms with Crippen LogP contribution in [-0.2, 0) is 4.79 Å². The number of β-amino-alcohol motifs (C(OH)–C–C–N with tert-alkyl or cyclic N) is 1. The standard InChI is InChI=1S/C8H16N2O2/c1-2-3-4-10-5-8(12,6-10)7(9)11/h12H,2-6H2,1H3,(H2,9,11). The van der Waals surface area contributed by atoms with E-state index in [0.717, 1.165) is 19.4 Å². The van der Waals surface area contributed by atoms with Crippen molar-refractivity contribution < 1.29 is 9.90 Å². The minimum absolute atomic E-state index is 0.405. The predicted molar refractivity (Wildman–Crippen MR) is 45.5 cm³/mol. The molecule has 0 unspecified atom stereocenters. The fourth-order valence-corrected chi connectivity index (χ4v) is 1.39. The number of primary amides is 1. The highest BCUT2D eigenvalue weighted by atomic mass is 16.3. The molecule has 4 nitrogen and oxygen atoms in total. The van der Waals surface area contributed by atoms with Crippen LogP contribution in [0.15, 0.2) is 0 Å². The first kappa shape index (κ1) is 9.48. The lowest BCUT2D eigenvalue weighted by Crippen LogP contribution is -2.67. The van der Waals surface area contributed by atoms with Crippen LogP contribution < -0.4 is 5.73 Å². The molecular weight excluding hydrogens is 156 g/mol. The van der Waals surface area contributed by atoms with E-state index in [2.05, 4.69) is 6.92 Å². The SMILES string of the molecule is CCCCN1CC(O)(C(N)=O)C1. The molecule has 0 atom stereocenters. The highest BCUT2D eigenvalue weighted by Gasteiger charge is 2.45. The average molecular weight is 172 g/mol. The molecule has 1 saturated heterocycles. The first-order valence-corrected chi connectivity index (χ1v) is 4.33. The summed E-state index contributed by atoms with van der Waals surface area (Å²) >= 11 is 0. The molecule has 1 heterocycles. The molecule has 1 rings (SSSR count). The van der Waals surface area contributed by atoms with Gasteiger partial charge in [-0.15, -0.1) is 0 Å². The van der Waals surface area contributed by atoms with Gasteiger partial charge < -0.3 is 10.8 Å². The summed E-state index contributed by atoms with van der Waals surface area (Å²) in [7, 11) is 0. The fourth-order valence-electron chi connectivity index (χ4n) is 1.39. The summed E-state index contributed by atoms with van der Waals surface area (Å²) in [5.41, 5.74) is 3.76. The topological polar surface area (TPSA) is 66.6 Å². The van der Waals surface area contributed by atoms with Gasteiger partial charge in [-0.25, -0.2) is 0 Å². The Kier molecular flexibility index (Phi) is 2.69.